The number of hydrogen-bond acceptors (Lipinski definition) is 2. The monoisotopic (exact) mass is 824 g/mol. The van der Waals surface area contributed by atoms with E-state index in [2.05, 4.69) is 246 Å². The molecule has 2 nitrogen and oxygen atoms in total. The fraction of sp³-hybridized carbons (Fsp3) is 0.161. The summed E-state index contributed by atoms with van der Waals surface area (Å²) in [5.41, 5.74) is 18.7. The number of anilines is 6. The van der Waals surface area contributed by atoms with E-state index in [1.165, 1.54) is 82.4 Å². The van der Waals surface area contributed by atoms with Gasteiger partial charge in [0, 0.05) is 49.7 Å². The van der Waals surface area contributed by atoms with E-state index in [9.17, 15) is 0 Å². The number of nitrogens with zero attached hydrogens (tertiary/aromatic N) is 2. The molecule has 2 aliphatic rings. The maximum atomic E-state index is 2.51. The second-order valence-corrected chi connectivity index (χ2v) is 20.2. The van der Waals surface area contributed by atoms with E-state index in [1.807, 2.05) is 0 Å². The van der Waals surface area contributed by atoms with Crippen molar-refractivity contribution in [1.82, 2.24) is 0 Å². The van der Waals surface area contributed by atoms with Gasteiger partial charge in [-0.1, -0.05) is 182 Å². The minimum absolute atomic E-state index is 0.0109. The molecule has 0 bridgehead atoms. The fourth-order valence-corrected chi connectivity index (χ4v) is 11.4. The molecule has 2 heteroatoms. The lowest BCUT2D eigenvalue weighted by molar-refractivity contribution is 0.591. The van der Waals surface area contributed by atoms with Gasteiger partial charge in [0.25, 0.3) is 0 Å². The predicted octanol–water partition coefficient (Wildman–Crippen LogP) is 17.4. The lowest BCUT2D eigenvalue weighted by atomic mass is 9.82. The third-order valence-electron chi connectivity index (χ3n) is 14.7. The summed E-state index contributed by atoms with van der Waals surface area (Å²) in [5.74, 6) is 0. The molecule has 0 fully saturated rings. The smallest absolute Gasteiger partial charge is 0.0561 e. The minimum atomic E-state index is -0.145. The van der Waals surface area contributed by atoms with Crippen molar-refractivity contribution in [3.05, 3.63) is 216 Å². The van der Waals surface area contributed by atoms with Crippen molar-refractivity contribution in [2.75, 3.05) is 9.80 Å². The molecule has 0 spiro atoms. The Labute approximate surface area is 377 Å². The van der Waals surface area contributed by atoms with Gasteiger partial charge in [-0.2, -0.15) is 0 Å². The quantitative estimate of drug-likeness (QED) is 0.154. The van der Waals surface area contributed by atoms with Gasteiger partial charge in [0.15, 0.2) is 0 Å². The average molecular weight is 825 g/mol. The number of fused-ring (bicyclic) bond motifs is 6. The van der Waals surface area contributed by atoms with Crippen LogP contribution in [0.25, 0.3) is 54.6 Å². The summed E-state index contributed by atoms with van der Waals surface area (Å²) < 4.78 is 0. The van der Waals surface area contributed by atoms with Gasteiger partial charge < -0.3 is 9.80 Å². The van der Waals surface area contributed by atoms with Crippen LogP contribution < -0.4 is 9.80 Å². The fourth-order valence-electron chi connectivity index (χ4n) is 11.4. The Morgan fingerprint density at radius 2 is 0.750 bits per heavy atom. The second kappa shape index (κ2) is 13.7. The molecule has 0 aromatic heterocycles. The van der Waals surface area contributed by atoms with E-state index < -0.39 is 0 Å². The highest BCUT2D eigenvalue weighted by Crippen LogP contribution is 2.55. The van der Waals surface area contributed by atoms with Gasteiger partial charge >= 0.3 is 0 Å². The zero-order chi connectivity index (χ0) is 43.7. The molecule has 2 aliphatic carbocycles. The lowest BCUT2D eigenvalue weighted by Gasteiger charge is -2.33. The van der Waals surface area contributed by atoms with Gasteiger partial charge in [0.05, 0.1) is 11.4 Å². The van der Waals surface area contributed by atoms with Crippen molar-refractivity contribution in [2.24, 2.45) is 0 Å². The molecular formula is C62H52N2. The second-order valence-electron chi connectivity index (χ2n) is 20.2. The number of hydrogen-bond donors (Lipinski definition) is 0. The molecule has 0 unspecified atom stereocenters. The minimum Gasteiger partial charge on any atom is -0.310 e. The van der Waals surface area contributed by atoms with Crippen LogP contribution in [0.3, 0.4) is 0 Å². The van der Waals surface area contributed by atoms with E-state index in [1.54, 1.807) is 0 Å². The van der Waals surface area contributed by atoms with Crippen LogP contribution in [0, 0.1) is 0 Å². The standard InChI is InChI=1S/C62H52N2/c1-60(2,3)41-34-39-26-30-50-56(63(42-18-10-8-11-19-42)44-28-32-48-46-22-14-16-24-52(46)61(4,5)54(48)36-44)38-57(51-31-27-40(35-41)58(39)59(50)51)64(43-20-12-9-13-21-43)45-29-33-49-47-23-15-17-25-53(47)62(6,7)55(49)37-45/h8-38H,1-7H3. The first kappa shape index (κ1) is 38.5. The van der Waals surface area contributed by atoms with Crippen LogP contribution in [0.15, 0.2) is 188 Å². The van der Waals surface area contributed by atoms with Gasteiger partial charge in [-0.15, -0.1) is 0 Å². The summed E-state index contributed by atoms with van der Waals surface area (Å²) in [4.78, 5) is 5.03. The molecule has 0 aliphatic heterocycles. The van der Waals surface area contributed by atoms with Crippen LogP contribution >= 0.6 is 0 Å². The molecule has 310 valence electrons. The van der Waals surface area contributed by atoms with Crippen molar-refractivity contribution in [1.29, 1.82) is 0 Å². The zero-order valence-electron chi connectivity index (χ0n) is 37.8. The van der Waals surface area contributed by atoms with Crippen molar-refractivity contribution < 1.29 is 0 Å². The van der Waals surface area contributed by atoms with Crippen LogP contribution in [0.2, 0.25) is 0 Å². The zero-order valence-corrected chi connectivity index (χ0v) is 37.8. The average Bonchev–Trinajstić information content (AvgIpc) is 3.68. The maximum Gasteiger partial charge on any atom is 0.0561 e. The van der Waals surface area contributed by atoms with Crippen molar-refractivity contribution in [2.45, 2.75) is 64.7 Å². The van der Waals surface area contributed by atoms with Crippen LogP contribution in [0.4, 0.5) is 34.1 Å². The van der Waals surface area contributed by atoms with Gasteiger partial charge in [0.1, 0.15) is 0 Å². The molecule has 10 aromatic carbocycles. The third kappa shape index (κ3) is 5.58. The third-order valence-corrected chi connectivity index (χ3v) is 14.7. The Bertz CT molecular complexity index is 3260. The van der Waals surface area contributed by atoms with Gasteiger partial charge in [-0.3, -0.25) is 0 Å². The molecule has 0 heterocycles. The van der Waals surface area contributed by atoms with E-state index in [4.69, 9.17) is 0 Å². The largest absolute Gasteiger partial charge is 0.310 e. The summed E-state index contributed by atoms with van der Waals surface area (Å²) in [7, 11) is 0. The number of rotatable bonds is 6. The first-order valence-corrected chi connectivity index (χ1v) is 22.8. The van der Waals surface area contributed by atoms with Gasteiger partial charge in [-0.05, 0) is 126 Å². The molecule has 0 saturated heterocycles. The van der Waals surface area contributed by atoms with E-state index in [0.717, 1.165) is 34.1 Å². The van der Waals surface area contributed by atoms with E-state index >= 15 is 0 Å². The maximum absolute atomic E-state index is 2.51. The van der Waals surface area contributed by atoms with Crippen LogP contribution in [-0.4, -0.2) is 0 Å². The first-order chi connectivity index (χ1) is 30.9. The Kier molecular flexibility index (Phi) is 8.23. The highest BCUT2D eigenvalue weighted by atomic mass is 15.2. The Hall–Kier alpha value is -7.16. The molecule has 0 radical (unpaired) electrons. The number of benzene rings is 10. The summed E-state index contributed by atoms with van der Waals surface area (Å²) >= 11 is 0. The van der Waals surface area contributed by atoms with Crippen LogP contribution in [0.5, 0.6) is 0 Å². The van der Waals surface area contributed by atoms with E-state index in [0.29, 0.717) is 0 Å². The summed E-state index contributed by atoms with van der Waals surface area (Å²) in [6.45, 7) is 16.5. The van der Waals surface area contributed by atoms with Crippen LogP contribution in [0.1, 0.15) is 76.3 Å². The molecule has 12 rings (SSSR count). The molecule has 64 heavy (non-hydrogen) atoms. The normalized spacial score (nSPS) is 14.4. The highest BCUT2D eigenvalue weighted by Gasteiger charge is 2.38. The molecular weight excluding hydrogens is 773 g/mol. The lowest BCUT2D eigenvalue weighted by Crippen LogP contribution is -2.18. The van der Waals surface area contributed by atoms with Crippen molar-refractivity contribution >= 4 is 66.4 Å². The molecule has 0 atom stereocenters. The molecule has 0 N–H and O–H groups in total. The summed E-state index contributed by atoms with van der Waals surface area (Å²) in [6.07, 6.45) is 0. The molecule has 0 saturated carbocycles. The highest BCUT2D eigenvalue weighted by molar-refractivity contribution is 6.29. The Balaban J connectivity index is 1.18. The first-order valence-electron chi connectivity index (χ1n) is 22.8. The molecule has 10 aromatic rings. The number of para-hydroxylation sites is 2. The van der Waals surface area contributed by atoms with Crippen molar-refractivity contribution in [3.8, 4) is 22.3 Å². The van der Waals surface area contributed by atoms with E-state index in [-0.39, 0.29) is 16.2 Å². The Morgan fingerprint density at radius 1 is 0.344 bits per heavy atom. The summed E-state index contributed by atoms with van der Waals surface area (Å²) in [5, 5.41) is 7.60. The van der Waals surface area contributed by atoms with Gasteiger partial charge in [-0.25, -0.2) is 0 Å². The summed E-state index contributed by atoms with van der Waals surface area (Å²) in [6, 6.07) is 71.0. The SMILES string of the molecule is CC(C)(C)c1cc2ccc3c(N(c4ccccc4)c4ccc5c(c4)C(C)(C)c4ccccc4-5)cc(N(c4ccccc4)c4ccc5c(c4)C(C)(C)c4ccccc4-5)c4ccc(c1)c2c34. The topological polar surface area (TPSA) is 6.48 Å². The van der Waals surface area contributed by atoms with Crippen LogP contribution in [-0.2, 0) is 16.2 Å². The van der Waals surface area contributed by atoms with Crippen molar-refractivity contribution in [3.63, 3.8) is 0 Å². The molecule has 0 amide bonds. The Morgan fingerprint density at radius 3 is 1.19 bits per heavy atom. The van der Waals surface area contributed by atoms with Gasteiger partial charge in [0.2, 0.25) is 0 Å². The predicted molar refractivity (Wildman–Crippen MR) is 273 cm³/mol.